The van der Waals surface area contributed by atoms with E-state index in [-0.39, 0.29) is 0 Å². The summed E-state index contributed by atoms with van der Waals surface area (Å²) in [4.78, 5) is 5.56. The minimum atomic E-state index is 0.571. The van der Waals surface area contributed by atoms with Gasteiger partial charge in [-0.05, 0) is 24.4 Å². The molecule has 1 unspecified atom stereocenters. The quantitative estimate of drug-likeness (QED) is 0.872. The van der Waals surface area contributed by atoms with Gasteiger partial charge in [-0.1, -0.05) is 13.0 Å². The molecule has 0 aliphatic rings. The smallest absolute Gasteiger partial charge is 0.236 e. The van der Waals surface area contributed by atoms with Gasteiger partial charge in [0.1, 0.15) is 6.26 Å². The summed E-state index contributed by atoms with van der Waals surface area (Å²) in [7, 11) is 0. The Morgan fingerprint density at radius 1 is 1.59 bits per heavy atom. The van der Waals surface area contributed by atoms with Gasteiger partial charge in [-0.15, -0.1) is 11.3 Å². The van der Waals surface area contributed by atoms with Crippen LogP contribution in [0.1, 0.15) is 19.0 Å². The van der Waals surface area contributed by atoms with E-state index in [0.717, 1.165) is 35.2 Å². The fraction of sp³-hybridized carbons (Fsp3) is 0.417. The number of oxazole rings is 1. The Labute approximate surface area is 109 Å². The molecule has 2 N–H and O–H groups in total. The van der Waals surface area contributed by atoms with E-state index in [2.05, 4.69) is 11.9 Å². The highest BCUT2D eigenvalue weighted by Gasteiger charge is 2.09. The molecular formula is C12H16N2OS2. The molecule has 0 fully saturated rings. The van der Waals surface area contributed by atoms with Crippen molar-refractivity contribution in [3.05, 3.63) is 29.5 Å². The van der Waals surface area contributed by atoms with Crippen LogP contribution in [-0.2, 0) is 5.75 Å². The van der Waals surface area contributed by atoms with Crippen LogP contribution in [-0.4, -0.2) is 16.8 Å². The largest absolute Gasteiger partial charge is 0.444 e. The van der Waals surface area contributed by atoms with E-state index in [0.29, 0.717) is 5.25 Å². The summed E-state index contributed by atoms with van der Waals surface area (Å²) in [6.45, 7) is 2.94. The minimum absolute atomic E-state index is 0.571. The van der Waals surface area contributed by atoms with Crippen LogP contribution in [0.2, 0.25) is 0 Å². The second-order valence-electron chi connectivity index (χ2n) is 3.82. The molecule has 0 aliphatic heterocycles. The molecule has 0 aliphatic carbocycles. The highest BCUT2D eigenvalue weighted by Crippen LogP contribution is 2.26. The zero-order valence-corrected chi connectivity index (χ0v) is 11.4. The van der Waals surface area contributed by atoms with Gasteiger partial charge in [0, 0.05) is 11.0 Å². The first-order chi connectivity index (χ1) is 8.29. The lowest BCUT2D eigenvalue weighted by molar-refractivity contribution is 0.575. The molecule has 3 nitrogen and oxygen atoms in total. The molecule has 1 atom stereocenters. The van der Waals surface area contributed by atoms with Gasteiger partial charge in [0.05, 0.1) is 10.6 Å². The van der Waals surface area contributed by atoms with Crippen LogP contribution < -0.4 is 5.73 Å². The monoisotopic (exact) mass is 268 g/mol. The molecule has 0 saturated carbocycles. The van der Waals surface area contributed by atoms with E-state index in [1.54, 1.807) is 17.6 Å². The molecule has 0 bridgehead atoms. The average Bonchev–Trinajstić information content (AvgIpc) is 2.97. The van der Waals surface area contributed by atoms with Crippen LogP contribution in [0.5, 0.6) is 0 Å². The number of hydrogen-bond donors (Lipinski definition) is 1. The van der Waals surface area contributed by atoms with E-state index < -0.39 is 0 Å². The summed E-state index contributed by atoms with van der Waals surface area (Å²) in [6, 6.07) is 4.02. The van der Waals surface area contributed by atoms with Crippen molar-refractivity contribution in [3.8, 4) is 10.8 Å². The standard InChI is InChI=1S/C12H16N2OS2/c1-9(4-5-13)17-8-10-7-15-12(14-10)11-3-2-6-16-11/h2-3,6-7,9H,4-5,8,13H2,1H3. The van der Waals surface area contributed by atoms with Crippen molar-refractivity contribution < 1.29 is 4.42 Å². The number of nitrogens with zero attached hydrogens (tertiary/aromatic N) is 1. The highest BCUT2D eigenvalue weighted by atomic mass is 32.2. The average molecular weight is 268 g/mol. The molecule has 0 radical (unpaired) electrons. The molecule has 0 saturated heterocycles. The van der Waals surface area contributed by atoms with Crippen molar-refractivity contribution in [2.45, 2.75) is 24.3 Å². The molecule has 2 rings (SSSR count). The van der Waals surface area contributed by atoms with Crippen molar-refractivity contribution in [3.63, 3.8) is 0 Å². The van der Waals surface area contributed by atoms with Crippen molar-refractivity contribution in [1.29, 1.82) is 0 Å². The third-order valence-electron chi connectivity index (χ3n) is 2.37. The Bertz CT molecular complexity index is 439. The van der Waals surface area contributed by atoms with Gasteiger partial charge in [-0.25, -0.2) is 4.98 Å². The SMILES string of the molecule is CC(CCN)SCc1coc(-c2cccs2)n1. The van der Waals surface area contributed by atoms with Crippen molar-refractivity contribution in [2.75, 3.05) is 6.54 Å². The topological polar surface area (TPSA) is 52.0 Å². The Kier molecular flexibility index (Phi) is 4.65. The first-order valence-corrected chi connectivity index (χ1v) is 7.52. The molecule has 2 aromatic heterocycles. The van der Waals surface area contributed by atoms with E-state index in [9.17, 15) is 0 Å². The molecule has 0 spiro atoms. The summed E-state index contributed by atoms with van der Waals surface area (Å²) < 4.78 is 5.46. The number of thiophene rings is 1. The van der Waals surface area contributed by atoms with Crippen molar-refractivity contribution >= 4 is 23.1 Å². The summed E-state index contributed by atoms with van der Waals surface area (Å²) in [6.07, 6.45) is 2.79. The van der Waals surface area contributed by atoms with Crippen LogP contribution in [0, 0.1) is 0 Å². The van der Waals surface area contributed by atoms with Crippen molar-refractivity contribution in [1.82, 2.24) is 4.98 Å². The van der Waals surface area contributed by atoms with Crippen LogP contribution in [0.25, 0.3) is 10.8 Å². The lowest BCUT2D eigenvalue weighted by Crippen LogP contribution is -2.07. The molecule has 17 heavy (non-hydrogen) atoms. The predicted octanol–water partition coefficient (Wildman–Crippen LogP) is 3.37. The molecular weight excluding hydrogens is 252 g/mol. The van der Waals surface area contributed by atoms with E-state index in [1.807, 2.05) is 29.3 Å². The molecule has 0 amide bonds. The fourth-order valence-corrected chi connectivity index (χ4v) is 2.98. The number of aromatic nitrogens is 1. The fourth-order valence-electron chi connectivity index (χ4n) is 1.43. The molecule has 5 heteroatoms. The van der Waals surface area contributed by atoms with Crippen LogP contribution in [0.4, 0.5) is 0 Å². The second-order valence-corrected chi connectivity index (χ2v) is 6.19. The number of thioether (sulfide) groups is 1. The lowest BCUT2D eigenvalue weighted by Gasteiger charge is -2.07. The van der Waals surface area contributed by atoms with Gasteiger partial charge < -0.3 is 10.2 Å². The van der Waals surface area contributed by atoms with Gasteiger partial charge in [-0.3, -0.25) is 0 Å². The van der Waals surface area contributed by atoms with Crippen molar-refractivity contribution in [2.24, 2.45) is 5.73 Å². The minimum Gasteiger partial charge on any atom is -0.444 e. The maximum Gasteiger partial charge on any atom is 0.236 e. The molecule has 2 heterocycles. The maximum absolute atomic E-state index is 5.52. The van der Waals surface area contributed by atoms with Gasteiger partial charge in [0.25, 0.3) is 0 Å². The van der Waals surface area contributed by atoms with E-state index in [1.165, 1.54) is 0 Å². The first-order valence-electron chi connectivity index (χ1n) is 5.59. The van der Waals surface area contributed by atoms with Gasteiger partial charge >= 0.3 is 0 Å². The van der Waals surface area contributed by atoms with E-state index in [4.69, 9.17) is 10.2 Å². The number of rotatable bonds is 6. The first kappa shape index (κ1) is 12.7. The van der Waals surface area contributed by atoms with Gasteiger partial charge in [0.15, 0.2) is 0 Å². The molecule has 92 valence electrons. The Morgan fingerprint density at radius 2 is 2.47 bits per heavy atom. The van der Waals surface area contributed by atoms with Crippen LogP contribution in [0.15, 0.2) is 28.2 Å². The zero-order chi connectivity index (χ0) is 12.1. The third kappa shape index (κ3) is 3.59. The van der Waals surface area contributed by atoms with Crippen LogP contribution in [0.3, 0.4) is 0 Å². The Hall–Kier alpha value is -0.780. The summed E-state index contributed by atoms with van der Waals surface area (Å²) in [5, 5.41) is 2.60. The summed E-state index contributed by atoms with van der Waals surface area (Å²) >= 11 is 3.51. The van der Waals surface area contributed by atoms with E-state index >= 15 is 0 Å². The van der Waals surface area contributed by atoms with Gasteiger partial charge in [-0.2, -0.15) is 11.8 Å². The zero-order valence-electron chi connectivity index (χ0n) is 9.76. The second kappa shape index (κ2) is 6.23. The maximum atomic E-state index is 5.52. The van der Waals surface area contributed by atoms with Crippen LogP contribution >= 0.6 is 23.1 Å². The normalized spacial score (nSPS) is 12.8. The Morgan fingerprint density at radius 3 is 3.18 bits per heavy atom. The molecule has 2 aromatic rings. The van der Waals surface area contributed by atoms with Gasteiger partial charge in [0.2, 0.25) is 5.89 Å². The number of nitrogens with two attached hydrogens (primary N) is 1. The summed E-state index contributed by atoms with van der Waals surface area (Å²) in [5.74, 6) is 1.61. The molecule has 0 aromatic carbocycles. The Balaban J connectivity index is 1.91. The number of hydrogen-bond acceptors (Lipinski definition) is 5. The summed E-state index contributed by atoms with van der Waals surface area (Å²) in [5.41, 5.74) is 6.52. The third-order valence-corrected chi connectivity index (χ3v) is 4.50. The lowest BCUT2D eigenvalue weighted by atomic mass is 10.3. The predicted molar refractivity (Wildman–Crippen MR) is 74.2 cm³/mol. The highest BCUT2D eigenvalue weighted by molar-refractivity contribution is 7.99.